The third kappa shape index (κ3) is 0.510. The van der Waals surface area contributed by atoms with Gasteiger partial charge >= 0.3 is 0 Å². The molecule has 8 aliphatic carbocycles. The molecule has 8 aliphatic rings. The highest BCUT2D eigenvalue weighted by Crippen LogP contribution is 3.10. The van der Waals surface area contributed by atoms with Crippen LogP contribution in [0.5, 0.6) is 0 Å². The molecule has 0 heteroatoms. The first-order valence-electron chi connectivity index (χ1n) is 10.3. The Morgan fingerprint density at radius 3 is 2.32 bits per heavy atom. The van der Waals surface area contributed by atoms with Crippen LogP contribution in [0.1, 0.15) is 53.9 Å². The predicted octanol–water partition coefficient (Wildman–Crippen LogP) is 4.84. The van der Waals surface area contributed by atoms with Crippen molar-refractivity contribution in [1.29, 1.82) is 0 Å². The second-order valence-electron chi connectivity index (χ2n) is 12.3. The van der Waals surface area contributed by atoms with Crippen LogP contribution in [0.25, 0.3) is 0 Å². The summed E-state index contributed by atoms with van der Waals surface area (Å²) in [5, 5.41) is 0. The standard InChI is InChI=1S/C22H30/c1-9-15-11-8-19(4)16-10-6-14-13-7-12(10)18(2,3)21(9,13)22(14,19)20(15,5)17(11)16/h9-17H,6-8H2,1-5H3. The molecule has 118 valence electrons. The van der Waals surface area contributed by atoms with Crippen LogP contribution in [-0.4, -0.2) is 0 Å². The van der Waals surface area contributed by atoms with Gasteiger partial charge in [0.1, 0.15) is 0 Å². The van der Waals surface area contributed by atoms with E-state index in [1.807, 2.05) is 0 Å². The minimum atomic E-state index is 0.644. The highest BCUT2D eigenvalue weighted by Gasteiger charge is 3.06. The fourth-order valence-electron chi connectivity index (χ4n) is 14.9. The normalized spacial score (nSPS) is 87.4. The summed E-state index contributed by atoms with van der Waals surface area (Å²) in [6, 6.07) is 0. The number of rotatable bonds is 0. The third-order valence-electron chi connectivity index (χ3n) is 13.4. The Kier molecular flexibility index (Phi) is 1.22. The van der Waals surface area contributed by atoms with Gasteiger partial charge in [0.05, 0.1) is 0 Å². The lowest BCUT2D eigenvalue weighted by Crippen LogP contribution is -2.76. The van der Waals surface area contributed by atoms with Gasteiger partial charge in [-0.25, -0.2) is 0 Å². The van der Waals surface area contributed by atoms with Gasteiger partial charge in [-0.1, -0.05) is 34.6 Å². The summed E-state index contributed by atoms with van der Waals surface area (Å²) in [7, 11) is 0. The van der Waals surface area contributed by atoms with Crippen LogP contribution in [0.4, 0.5) is 0 Å². The molecule has 0 aromatic carbocycles. The first-order chi connectivity index (χ1) is 10.3. The van der Waals surface area contributed by atoms with Crippen LogP contribution in [-0.2, 0) is 0 Å². The van der Waals surface area contributed by atoms with Crippen molar-refractivity contribution >= 4 is 0 Å². The molecule has 8 bridgehead atoms. The van der Waals surface area contributed by atoms with Gasteiger partial charge in [-0.15, -0.1) is 0 Å². The zero-order valence-corrected chi connectivity index (χ0v) is 14.8. The van der Waals surface area contributed by atoms with Crippen LogP contribution < -0.4 is 0 Å². The molecule has 0 amide bonds. The largest absolute Gasteiger partial charge is 0.0616 e. The lowest BCUT2D eigenvalue weighted by molar-refractivity contribution is -0.336. The van der Waals surface area contributed by atoms with Crippen LogP contribution in [0.3, 0.4) is 0 Å². The van der Waals surface area contributed by atoms with E-state index in [1.54, 1.807) is 19.3 Å². The average molecular weight is 294 g/mol. The van der Waals surface area contributed by atoms with E-state index in [0.29, 0.717) is 5.41 Å². The lowest BCUT2D eigenvalue weighted by Gasteiger charge is -2.80. The molecule has 8 rings (SSSR count). The zero-order chi connectivity index (χ0) is 14.8. The Hall–Kier alpha value is 0. The molecule has 0 aliphatic heterocycles. The molecule has 22 heavy (non-hydrogen) atoms. The minimum Gasteiger partial charge on any atom is -0.0616 e. The molecule has 8 fully saturated rings. The molecule has 0 heterocycles. The van der Waals surface area contributed by atoms with Gasteiger partial charge in [0.15, 0.2) is 0 Å². The smallest absolute Gasteiger partial charge is 0.00828 e. The lowest BCUT2D eigenvalue weighted by atomic mass is 9.24. The predicted molar refractivity (Wildman–Crippen MR) is 85.8 cm³/mol. The summed E-state index contributed by atoms with van der Waals surface area (Å²) in [6.45, 7) is 13.9. The van der Waals surface area contributed by atoms with E-state index in [1.165, 1.54) is 5.92 Å². The van der Waals surface area contributed by atoms with Gasteiger partial charge in [0, 0.05) is 0 Å². The summed E-state index contributed by atoms with van der Waals surface area (Å²) in [5.74, 6) is 10.1. The van der Waals surface area contributed by atoms with Crippen molar-refractivity contribution in [2.75, 3.05) is 0 Å². The molecule has 2 spiro atoms. The van der Waals surface area contributed by atoms with E-state index < -0.39 is 0 Å². The second-order valence-corrected chi connectivity index (χ2v) is 12.3. The van der Waals surface area contributed by atoms with Crippen LogP contribution in [0, 0.1) is 80.3 Å². The summed E-state index contributed by atoms with van der Waals surface area (Å²) >= 11 is 0. The van der Waals surface area contributed by atoms with Gasteiger partial charge < -0.3 is 0 Å². The Morgan fingerprint density at radius 1 is 0.773 bits per heavy atom. The van der Waals surface area contributed by atoms with E-state index in [9.17, 15) is 0 Å². The summed E-state index contributed by atoms with van der Waals surface area (Å²) in [5.41, 5.74) is 3.72. The third-order valence-corrected chi connectivity index (χ3v) is 13.4. The summed E-state index contributed by atoms with van der Waals surface area (Å²) in [6.07, 6.45) is 4.96. The molecule has 13 unspecified atom stereocenters. The number of hydrogen-bond acceptors (Lipinski definition) is 0. The summed E-state index contributed by atoms with van der Waals surface area (Å²) in [4.78, 5) is 0. The fourth-order valence-corrected chi connectivity index (χ4v) is 14.9. The van der Waals surface area contributed by atoms with Crippen molar-refractivity contribution in [3.05, 3.63) is 0 Å². The summed E-state index contributed by atoms with van der Waals surface area (Å²) < 4.78 is 0. The van der Waals surface area contributed by atoms with Crippen molar-refractivity contribution < 1.29 is 0 Å². The first kappa shape index (κ1) is 11.5. The highest BCUT2D eigenvalue weighted by atomic mass is 15.1. The van der Waals surface area contributed by atoms with Gasteiger partial charge in [0.2, 0.25) is 0 Å². The molecule has 0 aromatic rings. The van der Waals surface area contributed by atoms with Gasteiger partial charge in [-0.05, 0) is 99.6 Å². The van der Waals surface area contributed by atoms with E-state index >= 15 is 0 Å². The van der Waals surface area contributed by atoms with Crippen molar-refractivity contribution in [3.8, 4) is 0 Å². The molecular formula is C22H30. The van der Waals surface area contributed by atoms with Gasteiger partial charge in [-0.3, -0.25) is 0 Å². The van der Waals surface area contributed by atoms with Crippen molar-refractivity contribution in [2.24, 2.45) is 80.3 Å². The van der Waals surface area contributed by atoms with E-state index in [-0.39, 0.29) is 0 Å². The van der Waals surface area contributed by atoms with Gasteiger partial charge in [0.25, 0.3) is 0 Å². The number of hydrogen-bond donors (Lipinski definition) is 0. The SMILES string of the molecule is CC1C2C3CC4(C)C5C6CC7C8CC6C(C)(C)C18C74C2(C)C35. The Bertz CT molecular complexity index is 699. The molecule has 0 saturated heterocycles. The monoisotopic (exact) mass is 294 g/mol. The molecule has 13 atom stereocenters. The quantitative estimate of drug-likeness (QED) is 0.599. The molecule has 0 radical (unpaired) electrons. The van der Waals surface area contributed by atoms with Crippen LogP contribution in [0.15, 0.2) is 0 Å². The molecule has 0 N–H and O–H groups in total. The Balaban J connectivity index is 1.64. The number of fused-ring (bicyclic) bond motifs is 4. The minimum absolute atomic E-state index is 0.644. The average Bonchev–Trinajstić information content (AvgIpc) is 2.82. The molecule has 0 aromatic heterocycles. The molecule has 8 saturated carbocycles. The van der Waals surface area contributed by atoms with Gasteiger partial charge in [-0.2, -0.15) is 0 Å². The Labute approximate surface area is 134 Å². The van der Waals surface area contributed by atoms with Crippen molar-refractivity contribution in [2.45, 2.75) is 53.9 Å². The molecular weight excluding hydrogens is 264 g/mol. The zero-order valence-electron chi connectivity index (χ0n) is 14.8. The first-order valence-corrected chi connectivity index (χ1v) is 10.3. The second kappa shape index (κ2) is 2.33. The van der Waals surface area contributed by atoms with E-state index in [0.717, 1.165) is 69.0 Å². The maximum atomic E-state index is 2.84. The maximum Gasteiger partial charge on any atom is -0.00828 e. The van der Waals surface area contributed by atoms with Crippen LogP contribution in [0.2, 0.25) is 0 Å². The highest BCUT2D eigenvalue weighted by molar-refractivity contribution is 5.52. The maximum absolute atomic E-state index is 2.84. The fraction of sp³-hybridized carbons (Fsp3) is 1.00. The van der Waals surface area contributed by atoms with Crippen molar-refractivity contribution in [3.63, 3.8) is 0 Å². The topological polar surface area (TPSA) is 0 Å². The van der Waals surface area contributed by atoms with E-state index in [4.69, 9.17) is 0 Å². The Morgan fingerprint density at radius 2 is 1.55 bits per heavy atom. The van der Waals surface area contributed by atoms with E-state index in [2.05, 4.69) is 34.6 Å². The van der Waals surface area contributed by atoms with Crippen molar-refractivity contribution in [1.82, 2.24) is 0 Å². The molecule has 0 nitrogen and oxygen atoms in total. The van der Waals surface area contributed by atoms with Crippen LogP contribution >= 0.6 is 0 Å².